The quantitative estimate of drug-likeness (QED) is 0.551. The molecule has 4 rings (SSSR count). The number of aromatic nitrogens is 3. The average Bonchev–Trinajstić information content (AvgIpc) is 3.17. The maximum Gasteiger partial charge on any atom is 0.0968 e. The van der Waals surface area contributed by atoms with Crippen molar-refractivity contribution in [3.63, 3.8) is 0 Å². The predicted molar refractivity (Wildman–Crippen MR) is 81.7 cm³/mol. The van der Waals surface area contributed by atoms with Crippen molar-refractivity contribution in [1.29, 1.82) is 0 Å². The lowest BCUT2D eigenvalue weighted by Gasteiger charge is -1.98. The van der Waals surface area contributed by atoms with Gasteiger partial charge in [0.25, 0.3) is 0 Å². The van der Waals surface area contributed by atoms with E-state index >= 15 is 0 Å². The van der Waals surface area contributed by atoms with Gasteiger partial charge < -0.3 is 0 Å². The average molecular weight is 277 g/mol. The summed E-state index contributed by atoms with van der Waals surface area (Å²) in [6.07, 6.45) is 3.68. The van der Waals surface area contributed by atoms with Crippen molar-refractivity contribution in [2.75, 3.05) is 0 Å². The van der Waals surface area contributed by atoms with Crippen LogP contribution in [-0.4, -0.2) is 14.6 Å². The predicted octanol–water partition coefficient (Wildman–Crippen LogP) is 4.12. The Balaban J connectivity index is 1.94. The second-order valence-corrected chi connectivity index (χ2v) is 5.29. The van der Waals surface area contributed by atoms with Crippen LogP contribution in [0.5, 0.6) is 0 Å². The lowest BCUT2D eigenvalue weighted by atomic mass is 10.1. The monoisotopic (exact) mass is 277 g/mol. The normalized spacial score (nSPS) is 11.0. The lowest BCUT2D eigenvalue weighted by Crippen LogP contribution is -1.91. The van der Waals surface area contributed by atoms with Crippen LogP contribution in [0.25, 0.3) is 28.0 Å². The highest BCUT2D eigenvalue weighted by Crippen LogP contribution is 2.27. The van der Waals surface area contributed by atoms with Gasteiger partial charge in [-0.15, -0.1) is 0 Å². The maximum absolute atomic E-state index is 4.63. The first-order chi connectivity index (χ1) is 9.92. The van der Waals surface area contributed by atoms with Crippen LogP contribution in [0.1, 0.15) is 0 Å². The van der Waals surface area contributed by atoms with Gasteiger partial charge in [0.2, 0.25) is 0 Å². The number of hydrogen-bond acceptors (Lipinski definition) is 3. The molecule has 3 nitrogen and oxygen atoms in total. The number of thiophene rings is 1. The topological polar surface area (TPSA) is 30.2 Å². The summed E-state index contributed by atoms with van der Waals surface area (Å²) in [7, 11) is 0. The molecule has 4 aromatic rings. The van der Waals surface area contributed by atoms with Crippen LogP contribution in [0.3, 0.4) is 0 Å². The van der Waals surface area contributed by atoms with Crippen molar-refractivity contribution < 1.29 is 0 Å². The summed E-state index contributed by atoms with van der Waals surface area (Å²) in [6, 6.07) is 14.4. The zero-order chi connectivity index (χ0) is 13.4. The Labute approximate surface area is 120 Å². The third kappa shape index (κ3) is 1.82. The Kier molecular flexibility index (Phi) is 2.60. The summed E-state index contributed by atoms with van der Waals surface area (Å²) >= 11 is 1.68. The van der Waals surface area contributed by atoms with Gasteiger partial charge in [-0.2, -0.15) is 16.4 Å². The van der Waals surface area contributed by atoms with Gasteiger partial charge in [-0.1, -0.05) is 30.3 Å². The number of rotatable bonds is 2. The molecule has 0 saturated carbocycles. The van der Waals surface area contributed by atoms with E-state index in [-0.39, 0.29) is 0 Å². The summed E-state index contributed by atoms with van der Waals surface area (Å²) in [6.45, 7) is 0. The van der Waals surface area contributed by atoms with Crippen molar-refractivity contribution >= 4 is 16.9 Å². The Morgan fingerprint density at radius 2 is 1.90 bits per heavy atom. The first-order valence-electron chi connectivity index (χ1n) is 6.34. The second kappa shape index (κ2) is 4.58. The van der Waals surface area contributed by atoms with E-state index in [1.54, 1.807) is 17.5 Å². The minimum Gasteiger partial charge on any atom is -0.252 e. The molecule has 3 heterocycles. The van der Waals surface area contributed by atoms with Crippen LogP contribution in [-0.2, 0) is 0 Å². The first kappa shape index (κ1) is 11.4. The molecule has 0 aliphatic heterocycles. The molecule has 96 valence electrons. The van der Waals surface area contributed by atoms with Crippen LogP contribution < -0.4 is 0 Å². The minimum atomic E-state index is 0.968. The molecule has 0 N–H and O–H groups in total. The van der Waals surface area contributed by atoms with E-state index in [4.69, 9.17) is 0 Å². The Morgan fingerprint density at radius 1 is 1.00 bits per heavy atom. The van der Waals surface area contributed by atoms with Crippen LogP contribution in [0.4, 0.5) is 0 Å². The third-order valence-corrected chi connectivity index (χ3v) is 3.94. The van der Waals surface area contributed by atoms with Gasteiger partial charge in [0.15, 0.2) is 0 Å². The van der Waals surface area contributed by atoms with Crippen molar-refractivity contribution in [3.05, 3.63) is 65.6 Å². The van der Waals surface area contributed by atoms with Crippen LogP contribution in [0, 0.1) is 0 Å². The van der Waals surface area contributed by atoms with Gasteiger partial charge in [0.1, 0.15) is 0 Å². The molecule has 0 saturated heterocycles. The van der Waals surface area contributed by atoms with Crippen LogP contribution in [0.15, 0.2) is 65.6 Å². The molecule has 0 aliphatic rings. The van der Waals surface area contributed by atoms with Gasteiger partial charge in [-0.25, -0.2) is 4.52 Å². The highest BCUT2D eigenvalue weighted by Gasteiger charge is 2.10. The zero-order valence-electron chi connectivity index (χ0n) is 10.6. The summed E-state index contributed by atoms with van der Waals surface area (Å²) < 4.78 is 1.89. The fourth-order valence-electron chi connectivity index (χ4n) is 2.29. The third-order valence-electron chi connectivity index (χ3n) is 3.25. The number of benzene rings is 1. The fourth-order valence-corrected chi connectivity index (χ4v) is 2.93. The largest absolute Gasteiger partial charge is 0.252 e. The molecule has 4 heteroatoms. The molecule has 0 spiro atoms. The minimum absolute atomic E-state index is 0.968. The van der Waals surface area contributed by atoms with Crippen molar-refractivity contribution in [3.8, 4) is 22.5 Å². The molecule has 0 aliphatic carbocycles. The van der Waals surface area contributed by atoms with E-state index in [9.17, 15) is 0 Å². The maximum atomic E-state index is 4.63. The van der Waals surface area contributed by atoms with E-state index in [0.717, 1.165) is 28.0 Å². The van der Waals surface area contributed by atoms with Gasteiger partial charge in [0.05, 0.1) is 16.9 Å². The number of nitrogens with zero attached hydrogens (tertiary/aromatic N) is 3. The van der Waals surface area contributed by atoms with E-state index in [1.165, 1.54) is 0 Å². The van der Waals surface area contributed by atoms with Gasteiger partial charge in [-0.3, -0.25) is 4.98 Å². The van der Waals surface area contributed by atoms with Crippen molar-refractivity contribution in [2.24, 2.45) is 0 Å². The molecule has 0 unspecified atom stereocenters. The van der Waals surface area contributed by atoms with Gasteiger partial charge >= 0.3 is 0 Å². The molecule has 0 radical (unpaired) electrons. The van der Waals surface area contributed by atoms with E-state index in [2.05, 4.69) is 45.1 Å². The molecule has 0 fully saturated rings. The molecule has 20 heavy (non-hydrogen) atoms. The summed E-state index contributed by atoms with van der Waals surface area (Å²) in [5.41, 5.74) is 5.23. The number of fused-ring (bicyclic) bond motifs is 1. The number of hydrogen-bond donors (Lipinski definition) is 0. The summed E-state index contributed by atoms with van der Waals surface area (Å²) in [4.78, 5) is 4.50. The molecule has 0 atom stereocenters. The van der Waals surface area contributed by atoms with Gasteiger partial charge in [0, 0.05) is 28.9 Å². The Bertz CT molecular complexity index is 848. The summed E-state index contributed by atoms with van der Waals surface area (Å²) in [5.74, 6) is 0. The SMILES string of the molecule is c1ccc(-c2cc3c(-c4ccsc4)nccn3n2)cc1. The van der Waals surface area contributed by atoms with E-state index in [1.807, 2.05) is 28.9 Å². The summed E-state index contributed by atoms with van der Waals surface area (Å²) in [5, 5.41) is 8.81. The Morgan fingerprint density at radius 3 is 2.70 bits per heavy atom. The molecular weight excluding hydrogens is 266 g/mol. The van der Waals surface area contributed by atoms with Crippen LogP contribution >= 0.6 is 11.3 Å². The lowest BCUT2D eigenvalue weighted by molar-refractivity contribution is 0.952. The van der Waals surface area contributed by atoms with Crippen LogP contribution in [0.2, 0.25) is 0 Å². The molecular formula is C16H11N3S. The van der Waals surface area contributed by atoms with Crippen molar-refractivity contribution in [2.45, 2.75) is 0 Å². The molecule has 0 bridgehead atoms. The standard InChI is InChI=1S/C16H11N3S/c1-2-4-12(5-3-1)14-10-15-16(13-6-9-20-11-13)17-7-8-19(15)18-14/h1-11H. The molecule has 1 aromatic carbocycles. The van der Waals surface area contributed by atoms with Crippen molar-refractivity contribution in [1.82, 2.24) is 14.6 Å². The highest BCUT2D eigenvalue weighted by molar-refractivity contribution is 7.08. The Hall–Kier alpha value is -2.46. The fraction of sp³-hybridized carbons (Fsp3) is 0. The smallest absolute Gasteiger partial charge is 0.0968 e. The molecule has 0 amide bonds. The van der Waals surface area contributed by atoms with E-state index in [0.29, 0.717) is 0 Å². The van der Waals surface area contributed by atoms with Gasteiger partial charge in [-0.05, 0) is 17.5 Å². The highest BCUT2D eigenvalue weighted by atomic mass is 32.1. The first-order valence-corrected chi connectivity index (χ1v) is 7.28. The molecule has 3 aromatic heterocycles. The van der Waals surface area contributed by atoms with E-state index < -0.39 is 0 Å². The zero-order valence-corrected chi connectivity index (χ0v) is 11.4. The second-order valence-electron chi connectivity index (χ2n) is 4.51.